The number of carbonyl (C=O) groups is 2. The smallest absolute Gasteiger partial charge is 0.253 e. The van der Waals surface area contributed by atoms with Crippen LogP contribution in [0.2, 0.25) is 5.02 Å². The van der Waals surface area contributed by atoms with Gasteiger partial charge in [-0.15, -0.1) is 0 Å². The Balaban J connectivity index is 1.57. The molecule has 5 rings (SSSR count). The Labute approximate surface area is 170 Å². The van der Waals surface area contributed by atoms with Gasteiger partial charge in [0.2, 0.25) is 5.91 Å². The minimum absolute atomic E-state index is 0.123. The molecule has 7 heteroatoms. The second-order valence-corrected chi connectivity index (χ2v) is 8.49. The number of benzene rings is 2. The van der Waals surface area contributed by atoms with E-state index in [9.17, 15) is 9.59 Å². The summed E-state index contributed by atoms with van der Waals surface area (Å²) in [5, 5.41) is 4.97. The van der Waals surface area contributed by atoms with Crippen LogP contribution in [0.4, 0.5) is 5.69 Å². The Hall–Kier alpha value is -1.73. The number of anilines is 1. The highest BCUT2D eigenvalue weighted by Gasteiger charge is 2.62. The molecule has 2 aromatic carbocycles. The summed E-state index contributed by atoms with van der Waals surface area (Å²) in [6.45, 7) is 1.66. The molecule has 3 fully saturated rings. The molecule has 3 heterocycles. The first-order valence-corrected chi connectivity index (χ1v) is 10.2. The molecule has 0 bridgehead atoms. The van der Waals surface area contributed by atoms with Crippen molar-refractivity contribution in [2.45, 2.75) is 18.5 Å². The highest BCUT2D eigenvalue weighted by Crippen LogP contribution is 2.49. The van der Waals surface area contributed by atoms with Crippen molar-refractivity contribution in [2.75, 3.05) is 18.0 Å². The Bertz CT molecular complexity index is 918. The minimum Gasteiger partial charge on any atom is -0.274 e. The van der Waals surface area contributed by atoms with E-state index in [0.29, 0.717) is 10.7 Å². The van der Waals surface area contributed by atoms with Crippen molar-refractivity contribution in [3.63, 3.8) is 0 Å². The Kier molecular flexibility index (Phi) is 4.13. The molecule has 2 amide bonds. The zero-order chi connectivity index (χ0) is 18.7. The fourth-order valence-electron chi connectivity index (χ4n) is 4.62. The van der Waals surface area contributed by atoms with Gasteiger partial charge in [0.15, 0.2) is 0 Å². The van der Waals surface area contributed by atoms with Gasteiger partial charge in [-0.2, -0.15) is 0 Å². The Morgan fingerprint density at radius 1 is 0.852 bits per heavy atom. The lowest BCUT2D eigenvalue weighted by molar-refractivity contribution is -0.126. The van der Waals surface area contributed by atoms with Crippen molar-refractivity contribution in [1.29, 1.82) is 0 Å². The van der Waals surface area contributed by atoms with E-state index in [0.717, 1.165) is 29.5 Å². The lowest BCUT2D eigenvalue weighted by Crippen LogP contribution is -2.44. The molecule has 3 aliphatic rings. The summed E-state index contributed by atoms with van der Waals surface area (Å²) < 4.78 is 0.912. The number of nitrogens with zero attached hydrogens (tertiary/aromatic N) is 3. The zero-order valence-corrected chi connectivity index (χ0v) is 16.7. The van der Waals surface area contributed by atoms with E-state index in [1.165, 1.54) is 4.90 Å². The van der Waals surface area contributed by atoms with Crippen molar-refractivity contribution >= 4 is 45.0 Å². The van der Waals surface area contributed by atoms with E-state index in [1.807, 2.05) is 36.4 Å². The molecular weight excluding hydrogens is 430 g/mol. The van der Waals surface area contributed by atoms with Crippen LogP contribution >= 0.6 is 27.5 Å². The fourth-order valence-corrected chi connectivity index (χ4v) is 5.01. The quantitative estimate of drug-likeness (QED) is 0.661. The van der Waals surface area contributed by atoms with E-state index in [-0.39, 0.29) is 17.9 Å². The van der Waals surface area contributed by atoms with Gasteiger partial charge >= 0.3 is 0 Å². The molecule has 5 nitrogen and oxygen atoms in total. The summed E-state index contributed by atoms with van der Waals surface area (Å²) in [7, 11) is 0. The monoisotopic (exact) mass is 445 g/mol. The number of hydrazine groups is 1. The molecule has 0 radical (unpaired) electrons. The van der Waals surface area contributed by atoms with Crippen molar-refractivity contribution in [1.82, 2.24) is 10.0 Å². The van der Waals surface area contributed by atoms with Crippen LogP contribution in [-0.2, 0) is 9.59 Å². The maximum atomic E-state index is 13.4. The normalized spacial score (nSPS) is 28.1. The first-order chi connectivity index (χ1) is 13.1. The number of halogens is 2. The second kappa shape index (κ2) is 6.41. The van der Waals surface area contributed by atoms with Gasteiger partial charge in [-0.25, -0.2) is 14.9 Å². The van der Waals surface area contributed by atoms with Crippen LogP contribution < -0.4 is 4.90 Å². The lowest BCUT2D eigenvalue weighted by atomic mass is 9.90. The van der Waals surface area contributed by atoms with Crippen LogP contribution in [0.25, 0.3) is 0 Å². The molecule has 0 saturated carbocycles. The maximum absolute atomic E-state index is 13.4. The van der Waals surface area contributed by atoms with E-state index in [2.05, 4.69) is 25.9 Å². The van der Waals surface area contributed by atoms with E-state index >= 15 is 0 Å². The van der Waals surface area contributed by atoms with Gasteiger partial charge < -0.3 is 0 Å². The van der Waals surface area contributed by atoms with Crippen LogP contribution in [0.1, 0.15) is 18.0 Å². The largest absolute Gasteiger partial charge is 0.274 e. The SMILES string of the molecule is O=C1C2C(C(=O)N1c1ccc(Br)cc1)N1CCCN1C2c1ccc(Cl)cc1. The third kappa shape index (κ3) is 2.58. The van der Waals surface area contributed by atoms with Crippen molar-refractivity contribution in [3.8, 4) is 0 Å². The molecule has 3 aliphatic heterocycles. The van der Waals surface area contributed by atoms with Gasteiger partial charge in [-0.05, 0) is 48.4 Å². The topological polar surface area (TPSA) is 43.9 Å². The number of fused-ring (bicyclic) bond motifs is 3. The third-order valence-corrected chi connectivity index (χ3v) is 6.48. The maximum Gasteiger partial charge on any atom is 0.253 e. The van der Waals surface area contributed by atoms with Crippen LogP contribution in [0.3, 0.4) is 0 Å². The highest BCUT2D eigenvalue weighted by molar-refractivity contribution is 9.10. The van der Waals surface area contributed by atoms with Crippen LogP contribution in [0, 0.1) is 5.92 Å². The molecule has 3 unspecified atom stereocenters. The zero-order valence-electron chi connectivity index (χ0n) is 14.4. The summed E-state index contributed by atoms with van der Waals surface area (Å²) in [5.74, 6) is -0.653. The number of rotatable bonds is 2. The van der Waals surface area contributed by atoms with Gasteiger partial charge in [-0.1, -0.05) is 39.7 Å². The Morgan fingerprint density at radius 2 is 1.48 bits per heavy atom. The number of amides is 2. The fraction of sp³-hybridized carbons (Fsp3) is 0.300. The summed E-state index contributed by atoms with van der Waals surface area (Å²) in [6, 6.07) is 14.4. The lowest BCUT2D eigenvalue weighted by Gasteiger charge is -2.29. The molecule has 27 heavy (non-hydrogen) atoms. The van der Waals surface area contributed by atoms with E-state index < -0.39 is 12.0 Å². The predicted molar refractivity (Wildman–Crippen MR) is 106 cm³/mol. The van der Waals surface area contributed by atoms with Crippen LogP contribution in [0.15, 0.2) is 53.0 Å². The van der Waals surface area contributed by atoms with Gasteiger partial charge in [0, 0.05) is 22.6 Å². The average molecular weight is 447 g/mol. The van der Waals surface area contributed by atoms with Crippen molar-refractivity contribution < 1.29 is 9.59 Å². The number of imide groups is 1. The molecular formula is C20H17BrClN3O2. The molecule has 138 valence electrons. The molecule has 3 atom stereocenters. The minimum atomic E-state index is -0.427. The molecule has 0 aromatic heterocycles. The summed E-state index contributed by atoms with van der Waals surface area (Å²) in [5.41, 5.74) is 1.65. The number of hydrogen-bond acceptors (Lipinski definition) is 4. The predicted octanol–water partition coefficient (Wildman–Crippen LogP) is 3.64. The first kappa shape index (κ1) is 17.4. The third-order valence-electron chi connectivity index (χ3n) is 5.70. The molecule has 2 aromatic rings. The van der Waals surface area contributed by atoms with Gasteiger partial charge in [0.05, 0.1) is 17.6 Å². The van der Waals surface area contributed by atoms with E-state index in [4.69, 9.17) is 11.6 Å². The molecule has 3 saturated heterocycles. The van der Waals surface area contributed by atoms with Gasteiger partial charge in [-0.3, -0.25) is 9.59 Å². The van der Waals surface area contributed by atoms with Crippen LogP contribution in [0.5, 0.6) is 0 Å². The standard InChI is InChI=1S/C20H17BrClN3O2/c21-13-4-8-15(9-5-13)25-19(26)16-17(12-2-6-14(22)7-3-12)23-10-1-11-24(23)18(16)20(25)27/h2-9,16-18H,1,10-11H2. The van der Waals surface area contributed by atoms with Gasteiger partial charge in [0.1, 0.15) is 6.04 Å². The number of hydrogen-bond donors (Lipinski definition) is 0. The van der Waals surface area contributed by atoms with Gasteiger partial charge in [0.25, 0.3) is 5.91 Å². The van der Waals surface area contributed by atoms with Crippen LogP contribution in [-0.4, -0.2) is 41.0 Å². The number of carbonyl (C=O) groups excluding carboxylic acids is 2. The Morgan fingerprint density at radius 3 is 2.15 bits per heavy atom. The van der Waals surface area contributed by atoms with Crippen molar-refractivity contribution in [3.05, 3.63) is 63.6 Å². The first-order valence-electron chi connectivity index (χ1n) is 8.98. The average Bonchev–Trinajstić information content (AvgIpc) is 3.30. The van der Waals surface area contributed by atoms with Crippen molar-refractivity contribution in [2.24, 2.45) is 5.92 Å². The summed E-state index contributed by atoms with van der Waals surface area (Å²) in [4.78, 5) is 28.0. The summed E-state index contributed by atoms with van der Waals surface area (Å²) >= 11 is 9.45. The highest BCUT2D eigenvalue weighted by atomic mass is 79.9. The van der Waals surface area contributed by atoms with E-state index in [1.54, 1.807) is 12.1 Å². The molecule has 0 N–H and O–H groups in total. The summed E-state index contributed by atoms with van der Waals surface area (Å²) in [6.07, 6.45) is 0.993. The molecule has 0 aliphatic carbocycles. The molecule has 0 spiro atoms. The second-order valence-electron chi connectivity index (χ2n) is 7.14.